The highest BCUT2D eigenvalue weighted by Crippen LogP contribution is 2.18. The molecule has 2 N–H and O–H groups in total. The zero-order valence-corrected chi connectivity index (χ0v) is 17.8. The van der Waals surface area contributed by atoms with Gasteiger partial charge in [0.1, 0.15) is 17.4 Å². The zero-order chi connectivity index (χ0) is 21.9. The Morgan fingerprint density at radius 2 is 1.80 bits per heavy atom. The lowest BCUT2D eigenvalue weighted by molar-refractivity contribution is -0.134. The van der Waals surface area contributed by atoms with Gasteiger partial charge in [-0.1, -0.05) is 32.9 Å². The quantitative estimate of drug-likeness (QED) is 0.353. The van der Waals surface area contributed by atoms with Crippen molar-refractivity contribution in [2.24, 2.45) is 16.9 Å². The Kier molecular flexibility index (Phi) is 8.87. The highest BCUT2D eigenvalue weighted by Gasteiger charge is 2.29. The van der Waals surface area contributed by atoms with Crippen molar-refractivity contribution in [2.75, 3.05) is 19.0 Å². The van der Waals surface area contributed by atoms with Crippen molar-refractivity contribution >= 4 is 23.7 Å². The molecule has 0 saturated heterocycles. The molecule has 0 fully saturated rings. The number of amides is 2. The fourth-order valence-electron chi connectivity index (χ4n) is 2.76. The second-order valence-electron chi connectivity index (χ2n) is 7.09. The number of anilines is 1. The molecule has 30 heavy (non-hydrogen) atoms. The number of carbonyl (C=O) groups excluding carboxylic acids is 2. The van der Waals surface area contributed by atoms with Crippen LogP contribution >= 0.6 is 0 Å². The fourth-order valence-corrected chi connectivity index (χ4v) is 2.76. The molecule has 0 aliphatic heterocycles. The summed E-state index contributed by atoms with van der Waals surface area (Å²) in [7, 11) is 1.57. The van der Waals surface area contributed by atoms with Crippen LogP contribution in [0.4, 0.5) is 5.69 Å². The van der Waals surface area contributed by atoms with E-state index in [1.807, 2.05) is 45.0 Å². The first-order chi connectivity index (χ1) is 14.4. The van der Waals surface area contributed by atoms with Crippen LogP contribution in [0.1, 0.15) is 32.8 Å². The highest BCUT2D eigenvalue weighted by atomic mass is 16.5. The second-order valence-corrected chi connectivity index (χ2v) is 7.09. The predicted octanol–water partition coefficient (Wildman–Crippen LogP) is 3.85. The number of methoxy groups -OCH3 is 1. The van der Waals surface area contributed by atoms with Crippen molar-refractivity contribution in [3.05, 3.63) is 54.1 Å². The summed E-state index contributed by atoms with van der Waals surface area (Å²) in [4.78, 5) is 25.2. The normalized spacial score (nSPS) is 11.9. The third-order valence-electron chi connectivity index (χ3n) is 4.31. The Labute approximate surface area is 177 Å². The number of rotatable bonds is 10. The van der Waals surface area contributed by atoms with Crippen LogP contribution in [0.3, 0.4) is 0 Å². The Balaban J connectivity index is 1.99. The number of hydrazone groups is 1. The lowest BCUT2D eigenvalue weighted by atomic mass is 9.94. The van der Waals surface area contributed by atoms with Crippen LogP contribution in [0.25, 0.3) is 0 Å². The largest absolute Gasteiger partial charge is 0.497 e. The van der Waals surface area contributed by atoms with Crippen molar-refractivity contribution in [3.63, 3.8) is 0 Å². The maximum Gasteiger partial charge on any atom is 0.252 e. The number of carbonyl (C=O) groups is 2. The summed E-state index contributed by atoms with van der Waals surface area (Å²) >= 11 is 0. The standard InChI is InChI=1S/C23H29N3O4/c1-5-13-30-20-8-6-7-17(14-20)15-24-26-23(28)21(16(2)3)22(27)25-18-9-11-19(29-4)12-10-18/h6-12,14-16,21H,5,13H2,1-4H3,(H,25,27)(H,26,28). The summed E-state index contributed by atoms with van der Waals surface area (Å²) in [6.45, 7) is 6.31. The third kappa shape index (κ3) is 6.92. The monoisotopic (exact) mass is 411 g/mol. The number of nitrogens with one attached hydrogen (secondary N) is 2. The van der Waals surface area contributed by atoms with Gasteiger partial charge in [0.15, 0.2) is 0 Å². The first-order valence-electron chi connectivity index (χ1n) is 9.95. The molecular weight excluding hydrogens is 382 g/mol. The summed E-state index contributed by atoms with van der Waals surface area (Å²) in [5.41, 5.74) is 3.84. The molecule has 1 unspecified atom stereocenters. The summed E-state index contributed by atoms with van der Waals surface area (Å²) in [6.07, 6.45) is 2.44. The Morgan fingerprint density at radius 1 is 1.07 bits per heavy atom. The number of benzene rings is 2. The molecule has 0 aliphatic rings. The van der Waals surface area contributed by atoms with E-state index in [1.54, 1.807) is 31.4 Å². The molecule has 0 aliphatic carbocycles. The Morgan fingerprint density at radius 3 is 2.43 bits per heavy atom. The Bertz CT molecular complexity index is 863. The number of nitrogens with zero attached hydrogens (tertiary/aromatic N) is 1. The van der Waals surface area contributed by atoms with Gasteiger partial charge in [-0.3, -0.25) is 9.59 Å². The molecule has 7 heteroatoms. The fraction of sp³-hybridized carbons (Fsp3) is 0.348. The smallest absolute Gasteiger partial charge is 0.252 e. The molecule has 2 aromatic rings. The van der Waals surface area contributed by atoms with Gasteiger partial charge in [-0.25, -0.2) is 5.43 Å². The maximum atomic E-state index is 12.7. The van der Waals surface area contributed by atoms with Crippen LogP contribution in [0.2, 0.25) is 0 Å². The van der Waals surface area contributed by atoms with Crippen molar-refractivity contribution in [1.82, 2.24) is 5.43 Å². The van der Waals surface area contributed by atoms with Gasteiger partial charge in [0, 0.05) is 5.69 Å². The molecular formula is C23H29N3O4. The maximum absolute atomic E-state index is 12.7. The summed E-state index contributed by atoms with van der Waals surface area (Å²) in [6, 6.07) is 14.3. The first kappa shape index (κ1) is 22.9. The van der Waals surface area contributed by atoms with Gasteiger partial charge < -0.3 is 14.8 Å². The van der Waals surface area contributed by atoms with Gasteiger partial charge in [0.05, 0.1) is 19.9 Å². The van der Waals surface area contributed by atoms with Gasteiger partial charge in [-0.15, -0.1) is 0 Å². The molecule has 1 atom stereocenters. The molecule has 2 aromatic carbocycles. The molecule has 0 radical (unpaired) electrons. The van der Waals surface area contributed by atoms with E-state index in [-0.39, 0.29) is 5.92 Å². The van der Waals surface area contributed by atoms with E-state index in [2.05, 4.69) is 15.8 Å². The summed E-state index contributed by atoms with van der Waals surface area (Å²) in [5.74, 6) is -0.521. The van der Waals surface area contributed by atoms with Gasteiger partial charge in [0.2, 0.25) is 5.91 Å². The zero-order valence-electron chi connectivity index (χ0n) is 17.8. The van der Waals surface area contributed by atoms with E-state index >= 15 is 0 Å². The summed E-state index contributed by atoms with van der Waals surface area (Å²) in [5, 5.41) is 6.77. The van der Waals surface area contributed by atoms with E-state index < -0.39 is 17.7 Å². The first-order valence-corrected chi connectivity index (χ1v) is 9.95. The topological polar surface area (TPSA) is 89.0 Å². The lowest BCUT2D eigenvalue weighted by Crippen LogP contribution is -2.39. The van der Waals surface area contributed by atoms with Gasteiger partial charge in [-0.05, 0) is 54.3 Å². The van der Waals surface area contributed by atoms with Crippen molar-refractivity contribution in [1.29, 1.82) is 0 Å². The molecule has 0 saturated carbocycles. The minimum Gasteiger partial charge on any atom is -0.497 e. The molecule has 7 nitrogen and oxygen atoms in total. The lowest BCUT2D eigenvalue weighted by Gasteiger charge is -2.18. The SMILES string of the molecule is CCCOc1cccc(C=NNC(=O)C(C(=O)Nc2ccc(OC)cc2)C(C)C)c1. The molecule has 160 valence electrons. The minimum atomic E-state index is -0.886. The summed E-state index contributed by atoms with van der Waals surface area (Å²) < 4.78 is 10.7. The molecule has 0 aromatic heterocycles. The van der Waals surface area contributed by atoms with Crippen LogP contribution in [0.15, 0.2) is 53.6 Å². The van der Waals surface area contributed by atoms with Crippen LogP contribution in [0, 0.1) is 11.8 Å². The van der Waals surface area contributed by atoms with E-state index in [9.17, 15) is 9.59 Å². The highest BCUT2D eigenvalue weighted by molar-refractivity contribution is 6.06. The molecule has 0 spiro atoms. The van der Waals surface area contributed by atoms with Gasteiger partial charge in [0.25, 0.3) is 5.91 Å². The van der Waals surface area contributed by atoms with Gasteiger partial charge >= 0.3 is 0 Å². The van der Waals surface area contributed by atoms with E-state index in [0.717, 1.165) is 17.7 Å². The number of hydrogen-bond donors (Lipinski definition) is 2. The van der Waals surface area contributed by atoms with Crippen LogP contribution in [0.5, 0.6) is 11.5 Å². The molecule has 0 heterocycles. The predicted molar refractivity (Wildman–Crippen MR) is 118 cm³/mol. The third-order valence-corrected chi connectivity index (χ3v) is 4.31. The second kappa shape index (κ2) is 11.6. The van der Waals surface area contributed by atoms with Crippen molar-refractivity contribution in [2.45, 2.75) is 27.2 Å². The van der Waals surface area contributed by atoms with E-state index in [1.165, 1.54) is 6.21 Å². The van der Waals surface area contributed by atoms with E-state index in [4.69, 9.17) is 9.47 Å². The van der Waals surface area contributed by atoms with Gasteiger partial charge in [-0.2, -0.15) is 5.10 Å². The van der Waals surface area contributed by atoms with Crippen LogP contribution in [-0.2, 0) is 9.59 Å². The molecule has 2 rings (SSSR count). The van der Waals surface area contributed by atoms with Crippen LogP contribution in [-0.4, -0.2) is 31.7 Å². The van der Waals surface area contributed by atoms with E-state index in [0.29, 0.717) is 18.0 Å². The average molecular weight is 412 g/mol. The average Bonchev–Trinajstić information content (AvgIpc) is 2.73. The molecule has 0 bridgehead atoms. The van der Waals surface area contributed by atoms with Crippen molar-refractivity contribution < 1.29 is 19.1 Å². The number of ether oxygens (including phenoxy) is 2. The van der Waals surface area contributed by atoms with Crippen LogP contribution < -0.4 is 20.2 Å². The number of hydrogen-bond acceptors (Lipinski definition) is 5. The van der Waals surface area contributed by atoms with Crippen molar-refractivity contribution in [3.8, 4) is 11.5 Å². The minimum absolute atomic E-state index is 0.204. The Hall–Kier alpha value is -3.35. The molecule has 2 amide bonds.